The molecular formula is C38H29BN2. The van der Waals surface area contributed by atoms with E-state index in [-0.39, 0.29) is 17.5 Å². The van der Waals surface area contributed by atoms with E-state index in [2.05, 4.69) is 116 Å². The summed E-state index contributed by atoms with van der Waals surface area (Å²) in [5.74, 6) is 0. The lowest BCUT2D eigenvalue weighted by atomic mass is 9.32. The number of rotatable bonds is 0. The fourth-order valence-corrected chi connectivity index (χ4v) is 9.77. The second-order valence-electron chi connectivity index (χ2n) is 14.1. The van der Waals surface area contributed by atoms with Gasteiger partial charge in [0.05, 0.1) is 11.4 Å². The fraction of sp³-hybridized carbons (Fsp3) is 0.211. The Bertz CT molecular complexity index is 1990. The summed E-state index contributed by atoms with van der Waals surface area (Å²) in [6, 6.07) is 31.0. The van der Waals surface area contributed by atoms with Crippen LogP contribution in [0.1, 0.15) is 72.2 Å². The third-order valence-electron chi connectivity index (χ3n) is 11.6. The Morgan fingerprint density at radius 3 is 1.37 bits per heavy atom. The molecule has 0 atom stereocenters. The van der Waals surface area contributed by atoms with Gasteiger partial charge in [-0.15, -0.1) is 0 Å². The summed E-state index contributed by atoms with van der Waals surface area (Å²) in [6.07, 6.45) is 2.01. The minimum atomic E-state index is -0.0979. The first-order chi connectivity index (χ1) is 19.9. The van der Waals surface area contributed by atoms with Crippen molar-refractivity contribution in [3.8, 4) is 0 Å². The highest BCUT2D eigenvalue weighted by molar-refractivity contribution is 7.00. The average Bonchev–Trinajstić information content (AvgIpc) is 2.97. The summed E-state index contributed by atoms with van der Waals surface area (Å²) >= 11 is 0. The van der Waals surface area contributed by atoms with Crippen molar-refractivity contribution in [1.82, 2.24) is 0 Å². The van der Waals surface area contributed by atoms with E-state index in [9.17, 15) is 0 Å². The summed E-state index contributed by atoms with van der Waals surface area (Å²) < 4.78 is 0. The topological polar surface area (TPSA) is 6.48 Å². The van der Waals surface area contributed by atoms with Crippen molar-refractivity contribution < 1.29 is 0 Å². The predicted molar refractivity (Wildman–Crippen MR) is 170 cm³/mol. The van der Waals surface area contributed by atoms with Gasteiger partial charge >= 0.3 is 0 Å². The van der Waals surface area contributed by atoms with Crippen LogP contribution >= 0.6 is 0 Å². The van der Waals surface area contributed by atoms with E-state index in [1.54, 1.807) is 0 Å². The van der Waals surface area contributed by atoms with Crippen molar-refractivity contribution in [2.45, 2.75) is 51.4 Å². The second kappa shape index (κ2) is 6.31. The van der Waals surface area contributed by atoms with Crippen LogP contribution in [0, 0.1) is 0 Å². The summed E-state index contributed by atoms with van der Waals surface area (Å²) in [5.41, 5.74) is 24.7. The van der Waals surface area contributed by atoms with Crippen molar-refractivity contribution >= 4 is 57.2 Å². The van der Waals surface area contributed by atoms with Crippen molar-refractivity contribution in [3.63, 3.8) is 0 Å². The van der Waals surface area contributed by atoms with E-state index in [0.717, 1.165) is 12.8 Å². The third-order valence-corrected chi connectivity index (χ3v) is 11.6. The molecule has 0 unspecified atom stereocenters. The molecule has 6 aliphatic heterocycles. The lowest BCUT2D eigenvalue weighted by molar-refractivity contribution is 0.606. The third kappa shape index (κ3) is 2.09. The zero-order valence-corrected chi connectivity index (χ0v) is 23.9. The maximum atomic E-state index is 2.71. The molecule has 0 amide bonds. The van der Waals surface area contributed by atoms with Gasteiger partial charge in [-0.05, 0) is 67.0 Å². The highest BCUT2D eigenvalue weighted by atomic mass is 15.2. The van der Waals surface area contributed by atoms with Gasteiger partial charge in [0.1, 0.15) is 0 Å². The number of fused-ring (bicyclic) bond motifs is 2. The molecule has 194 valence electrons. The monoisotopic (exact) mass is 524 g/mol. The Labute approximate surface area is 241 Å². The number of anilines is 6. The first-order valence-corrected chi connectivity index (χ1v) is 15.2. The second-order valence-corrected chi connectivity index (χ2v) is 14.1. The van der Waals surface area contributed by atoms with Crippen LogP contribution in [-0.4, -0.2) is 6.71 Å². The summed E-state index contributed by atoms with van der Waals surface area (Å²) in [5, 5.41) is 0. The minimum absolute atomic E-state index is 0.0979. The maximum Gasteiger partial charge on any atom is 0.252 e. The quantitative estimate of drug-likeness (QED) is 0.200. The molecule has 41 heavy (non-hydrogen) atoms. The maximum absolute atomic E-state index is 2.71. The zero-order valence-electron chi connectivity index (χ0n) is 23.9. The van der Waals surface area contributed by atoms with Crippen LogP contribution in [0.2, 0.25) is 0 Å². The number of nitrogens with zero attached hydrogens (tertiary/aromatic N) is 2. The van der Waals surface area contributed by atoms with Gasteiger partial charge in [-0.2, -0.15) is 0 Å². The number of hydrogen-bond donors (Lipinski definition) is 0. The van der Waals surface area contributed by atoms with Gasteiger partial charge in [0.15, 0.2) is 0 Å². The molecule has 5 aromatic rings. The van der Waals surface area contributed by atoms with Gasteiger partial charge in [0, 0.05) is 46.4 Å². The first-order valence-electron chi connectivity index (χ1n) is 15.2. The molecule has 0 saturated heterocycles. The Hall–Kier alpha value is -4.24. The van der Waals surface area contributed by atoms with Gasteiger partial charge in [-0.25, -0.2) is 0 Å². The highest BCUT2D eigenvalue weighted by Gasteiger charge is 2.55. The van der Waals surface area contributed by atoms with E-state index in [1.165, 1.54) is 95.0 Å². The van der Waals surface area contributed by atoms with Crippen LogP contribution in [-0.2, 0) is 23.7 Å². The van der Waals surface area contributed by atoms with E-state index in [0.29, 0.717) is 0 Å². The SMILES string of the molecule is CC1(C)c2cccc3c2N2c4c(cccc4B4c5cccc6c5N5c7c(cccc7C(C)(C)c7cc1c2c4c75)C6)C3. The molecule has 0 aromatic heterocycles. The van der Waals surface area contributed by atoms with E-state index in [1.807, 2.05) is 0 Å². The molecule has 5 aromatic carbocycles. The van der Waals surface area contributed by atoms with Crippen LogP contribution in [0.4, 0.5) is 34.1 Å². The minimum Gasteiger partial charge on any atom is -0.310 e. The normalized spacial score (nSPS) is 18.8. The van der Waals surface area contributed by atoms with Crippen LogP contribution in [0.25, 0.3) is 0 Å². The molecule has 6 aliphatic rings. The highest BCUT2D eigenvalue weighted by Crippen LogP contribution is 2.62. The van der Waals surface area contributed by atoms with E-state index < -0.39 is 0 Å². The van der Waals surface area contributed by atoms with Crippen LogP contribution in [0.5, 0.6) is 0 Å². The Kier molecular flexibility index (Phi) is 3.31. The molecular weight excluding hydrogens is 495 g/mol. The van der Waals surface area contributed by atoms with Gasteiger partial charge < -0.3 is 9.80 Å². The summed E-state index contributed by atoms with van der Waals surface area (Å²) in [4.78, 5) is 5.41. The first kappa shape index (κ1) is 21.5. The van der Waals surface area contributed by atoms with Crippen molar-refractivity contribution in [1.29, 1.82) is 0 Å². The molecule has 2 nitrogen and oxygen atoms in total. The Morgan fingerprint density at radius 1 is 0.488 bits per heavy atom. The van der Waals surface area contributed by atoms with Crippen molar-refractivity contribution in [2.24, 2.45) is 0 Å². The Morgan fingerprint density at radius 2 is 0.902 bits per heavy atom. The number of benzene rings is 5. The standard InChI is InChI=1S/C38H29BN2/c1-37(2)24-13-5-9-20-17-22-11-7-15-28-33(22)40(31(20)24)35-26(37)19-27-36-30(35)39(28)29-16-8-12-23-18-21-10-6-14-25(38(27,3)4)32(21)41(36)34(23)29/h5-16,19H,17-18H2,1-4H3. The summed E-state index contributed by atoms with van der Waals surface area (Å²) in [7, 11) is 0. The fourth-order valence-electron chi connectivity index (χ4n) is 9.77. The molecule has 0 N–H and O–H groups in total. The number of hydrogen-bond acceptors (Lipinski definition) is 2. The molecule has 0 fully saturated rings. The molecule has 0 bridgehead atoms. The molecule has 11 rings (SSSR count). The van der Waals surface area contributed by atoms with Crippen molar-refractivity contribution in [3.05, 3.63) is 123 Å². The number of para-hydroxylation sites is 4. The van der Waals surface area contributed by atoms with Crippen LogP contribution < -0.4 is 26.2 Å². The van der Waals surface area contributed by atoms with Gasteiger partial charge in [0.25, 0.3) is 6.71 Å². The van der Waals surface area contributed by atoms with Crippen LogP contribution in [0.3, 0.4) is 0 Å². The van der Waals surface area contributed by atoms with E-state index >= 15 is 0 Å². The molecule has 6 heterocycles. The molecule has 0 saturated carbocycles. The lowest BCUT2D eigenvalue weighted by Gasteiger charge is -2.56. The molecule has 3 heteroatoms. The largest absolute Gasteiger partial charge is 0.310 e. The Balaban J connectivity index is 1.40. The van der Waals surface area contributed by atoms with Gasteiger partial charge in [-0.3, -0.25) is 0 Å². The zero-order chi connectivity index (χ0) is 27.2. The predicted octanol–water partition coefficient (Wildman–Crippen LogP) is 6.86. The van der Waals surface area contributed by atoms with Crippen molar-refractivity contribution in [2.75, 3.05) is 9.80 Å². The molecule has 0 radical (unpaired) electrons. The van der Waals surface area contributed by atoms with Gasteiger partial charge in [0.2, 0.25) is 0 Å². The smallest absolute Gasteiger partial charge is 0.252 e. The lowest BCUT2D eigenvalue weighted by Crippen LogP contribution is -2.64. The molecule has 0 aliphatic carbocycles. The van der Waals surface area contributed by atoms with Crippen LogP contribution in [0.15, 0.2) is 78.9 Å². The average molecular weight is 524 g/mol. The van der Waals surface area contributed by atoms with E-state index in [4.69, 9.17) is 0 Å². The van der Waals surface area contributed by atoms with Gasteiger partial charge in [-0.1, -0.05) is 100 Å². The molecule has 0 spiro atoms. The summed E-state index contributed by atoms with van der Waals surface area (Å²) in [6.45, 7) is 10.1.